The molecule has 0 aromatic heterocycles. The first-order chi connectivity index (χ1) is 9.30. The summed E-state index contributed by atoms with van der Waals surface area (Å²) in [6.07, 6.45) is 3.65. The molecule has 0 aromatic carbocycles. The van der Waals surface area contributed by atoms with Crippen molar-refractivity contribution < 1.29 is 16.8 Å². The fourth-order valence-electron chi connectivity index (χ4n) is 2.92. The summed E-state index contributed by atoms with van der Waals surface area (Å²) in [6, 6.07) is 0.0182. The normalized spacial score (nSPS) is 29.9. The topological polar surface area (TPSA) is 92.3 Å². The van der Waals surface area contributed by atoms with Crippen molar-refractivity contribution in [1.29, 1.82) is 0 Å². The highest BCUT2D eigenvalue weighted by atomic mass is 32.2. The standard InChI is InChI=1S/C12H24N2O4S2/c1-10(12-4-2-3-7-13-12)14-20(17,18)11-5-8-19(15,16)9-6-11/h10-14H,2-9H2,1H3. The average molecular weight is 324 g/mol. The Morgan fingerprint density at radius 2 is 1.80 bits per heavy atom. The molecule has 6 nitrogen and oxygen atoms in total. The van der Waals surface area contributed by atoms with E-state index in [0.29, 0.717) is 0 Å². The van der Waals surface area contributed by atoms with E-state index in [9.17, 15) is 16.8 Å². The van der Waals surface area contributed by atoms with E-state index < -0.39 is 25.1 Å². The maximum Gasteiger partial charge on any atom is 0.214 e. The predicted molar refractivity (Wildman–Crippen MR) is 78.8 cm³/mol. The van der Waals surface area contributed by atoms with Gasteiger partial charge in [0.1, 0.15) is 9.84 Å². The molecular formula is C12H24N2O4S2. The largest absolute Gasteiger partial charge is 0.312 e. The Bertz CT molecular complexity index is 510. The van der Waals surface area contributed by atoms with Crippen molar-refractivity contribution in [2.24, 2.45) is 0 Å². The lowest BCUT2D eigenvalue weighted by molar-refractivity contribution is 0.346. The molecule has 0 saturated carbocycles. The van der Waals surface area contributed by atoms with Crippen molar-refractivity contribution in [3.8, 4) is 0 Å². The van der Waals surface area contributed by atoms with E-state index in [0.717, 1.165) is 25.8 Å². The smallest absolute Gasteiger partial charge is 0.214 e. The van der Waals surface area contributed by atoms with Gasteiger partial charge in [0.2, 0.25) is 10.0 Å². The van der Waals surface area contributed by atoms with Crippen LogP contribution in [0.1, 0.15) is 39.0 Å². The monoisotopic (exact) mass is 324 g/mol. The van der Waals surface area contributed by atoms with Gasteiger partial charge in [-0.2, -0.15) is 0 Å². The lowest BCUT2D eigenvalue weighted by Crippen LogP contribution is -2.52. The third-order valence-corrected chi connectivity index (χ3v) is 8.01. The van der Waals surface area contributed by atoms with Gasteiger partial charge in [0.05, 0.1) is 16.8 Å². The molecule has 118 valence electrons. The summed E-state index contributed by atoms with van der Waals surface area (Å²) in [5, 5.41) is 2.76. The zero-order chi connectivity index (χ0) is 14.8. The van der Waals surface area contributed by atoms with Crippen molar-refractivity contribution in [1.82, 2.24) is 10.0 Å². The van der Waals surface area contributed by atoms with E-state index in [4.69, 9.17) is 0 Å². The fourth-order valence-corrected chi connectivity index (χ4v) is 6.44. The van der Waals surface area contributed by atoms with Gasteiger partial charge in [0, 0.05) is 12.1 Å². The fraction of sp³-hybridized carbons (Fsp3) is 1.00. The second-order valence-corrected chi connectivity index (χ2v) is 10.2. The zero-order valence-electron chi connectivity index (χ0n) is 11.8. The summed E-state index contributed by atoms with van der Waals surface area (Å²) >= 11 is 0. The highest BCUT2D eigenvalue weighted by molar-refractivity contribution is 7.92. The Kier molecular flexibility index (Phi) is 5.09. The Labute approximate surface area is 121 Å². The number of nitrogens with one attached hydrogen (secondary N) is 2. The molecule has 2 aliphatic rings. The van der Waals surface area contributed by atoms with Crippen molar-refractivity contribution in [2.75, 3.05) is 18.1 Å². The molecule has 0 aromatic rings. The minimum Gasteiger partial charge on any atom is -0.312 e. The number of hydrogen-bond donors (Lipinski definition) is 2. The average Bonchev–Trinajstić information content (AvgIpc) is 2.38. The quantitative estimate of drug-likeness (QED) is 0.760. The molecule has 0 amide bonds. The van der Waals surface area contributed by atoms with Crippen LogP contribution < -0.4 is 10.0 Å². The second-order valence-electron chi connectivity index (χ2n) is 5.86. The zero-order valence-corrected chi connectivity index (χ0v) is 13.5. The number of sulfone groups is 1. The van der Waals surface area contributed by atoms with E-state index in [1.807, 2.05) is 6.92 Å². The van der Waals surface area contributed by atoms with Crippen molar-refractivity contribution in [3.63, 3.8) is 0 Å². The van der Waals surface area contributed by atoms with Crippen LogP contribution in [-0.4, -0.2) is 52.2 Å². The molecule has 0 spiro atoms. The van der Waals surface area contributed by atoms with E-state index in [2.05, 4.69) is 10.0 Å². The number of sulfonamides is 1. The molecule has 2 saturated heterocycles. The molecule has 2 aliphatic heterocycles. The molecular weight excluding hydrogens is 300 g/mol. The van der Waals surface area contributed by atoms with E-state index in [-0.39, 0.29) is 36.4 Å². The van der Waals surface area contributed by atoms with Crippen LogP contribution in [0.5, 0.6) is 0 Å². The van der Waals surface area contributed by atoms with E-state index in [1.165, 1.54) is 0 Å². The van der Waals surface area contributed by atoms with Crippen molar-refractivity contribution in [2.45, 2.75) is 56.4 Å². The van der Waals surface area contributed by atoms with Gasteiger partial charge in [-0.05, 0) is 39.2 Å². The molecule has 0 aliphatic carbocycles. The summed E-state index contributed by atoms with van der Waals surface area (Å²) in [4.78, 5) is 0. The van der Waals surface area contributed by atoms with Crippen LogP contribution in [0, 0.1) is 0 Å². The maximum atomic E-state index is 12.3. The molecule has 8 heteroatoms. The van der Waals surface area contributed by atoms with Gasteiger partial charge in [-0.15, -0.1) is 0 Å². The summed E-state index contributed by atoms with van der Waals surface area (Å²) in [6.45, 7) is 2.80. The van der Waals surface area contributed by atoms with Gasteiger partial charge < -0.3 is 5.32 Å². The summed E-state index contributed by atoms with van der Waals surface area (Å²) in [5.41, 5.74) is 0. The molecule has 2 unspecified atom stereocenters. The van der Waals surface area contributed by atoms with Crippen LogP contribution in [-0.2, 0) is 19.9 Å². The third-order valence-electron chi connectivity index (χ3n) is 4.24. The molecule has 2 N–H and O–H groups in total. The molecule has 2 atom stereocenters. The van der Waals surface area contributed by atoms with Gasteiger partial charge >= 0.3 is 0 Å². The molecule has 2 heterocycles. The van der Waals surface area contributed by atoms with Crippen LogP contribution >= 0.6 is 0 Å². The highest BCUT2D eigenvalue weighted by Crippen LogP contribution is 2.20. The number of hydrogen-bond acceptors (Lipinski definition) is 5. The molecule has 20 heavy (non-hydrogen) atoms. The molecule has 2 fully saturated rings. The Hall–Kier alpha value is -0.180. The Morgan fingerprint density at radius 1 is 1.15 bits per heavy atom. The first-order valence-corrected chi connectivity index (χ1v) is 10.6. The number of piperidine rings is 1. The lowest BCUT2D eigenvalue weighted by Gasteiger charge is -2.31. The molecule has 2 rings (SSSR count). The summed E-state index contributed by atoms with van der Waals surface area (Å²) in [7, 11) is -6.47. The van der Waals surface area contributed by atoms with Gasteiger partial charge in [0.15, 0.2) is 0 Å². The van der Waals surface area contributed by atoms with Gasteiger partial charge in [-0.25, -0.2) is 21.6 Å². The maximum absolute atomic E-state index is 12.3. The SMILES string of the molecule is CC(NS(=O)(=O)C1CCS(=O)(=O)CC1)C1CCCCN1. The van der Waals surface area contributed by atoms with Crippen LogP contribution in [0.25, 0.3) is 0 Å². The van der Waals surface area contributed by atoms with Gasteiger partial charge in [-0.3, -0.25) is 0 Å². The van der Waals surface area contributed by atoms with Crippen molar-refractivity contribution >= 4 is 19.9 Å². The Balaban J connectivity index is 1.93. The first kappa shape index (κ1) is 16.2. The van der Waals surface area contributed by atoms with Crippen LogP contribution in [0.2, 0.25) is 0 Å². The van der Waals surface area contributed by atoms with Gasteiger partial charge in [0.25, 0.3) is 0 Å². The summed E-state index contributed by atoms with van der Waals surface area (Å²) in [5.74, 6) is -0.0384. The van der Waals surface area contributed by atoms with Crippen LogP contribution in [0.4, 0.5) is 0 Å². The first-order valence-electron chi connectivity index (χ1n) is 7.25. The van der Waals surface area contributed by atoms with Crippen LogP contribution in [0.15, 0.2) is 0 Å². The molecule has 0 radical (unpaired) electrons. The Morgan fingerprint density at radius 3 is 2.35 bits per heavy atom. The van der Waals surface area contributed by atoms with Crippen molar-refractivity contribution in [3.05, 3.63) is 0 Å². The van der Waals surface area contributed by atoms with Gasteiger partial charge in [-0.1, -0.05) is 6.42 Å². The minimum atomic E-state index is -3.44. The number of rotatable bonds is 4. The van der Waals surface area contributed by atoms with E-state index in [1.54, 1.807) is 0 Å². The van der Waals surface area contributed by atoms with E-state index >= 15 is 0 Å². The minimum absolute atomic E-state index is 0.0192. The highest BCUT2D eigenvalue weighted by Gasteiger charge is 2.34. The summed E-state index contributed by atoms with van der Waals surface area (Å²) < 4.78 is 50.1. The lowest BCUT2D eigenvalue weighted by atomic mass is 10.00. The second kappa shape index (κ2) is 6.29. The van der Waals surface area contributed by atoms with Crippen LogP contribution in [0.3, 0.4) is 0 Å². The molecule has 0 bridgehead atoms. The predicted octanol–water partition coefficient (Wildman–Crippen LogP) is 0.0136. The third kappa shape index (κ3) is 4.16.